The summed E-state index contributed by atoms with van der Waals surface area (Å²) in [5.74, 6) is -0.845. The minimum atomic E-state index is -0.845. The van der Waals surface area contributed by atoms with Crippen LogP contribution in [0, 0.1) is 0 Å². The van der Waals surface area contributed by atoms with Crippen molar-refractivity contribution in [2.45, 2.75) is 25.4 Å². The van der Waals surface area contributed by atoms with Crippen LogP contribution in [0.1, 0.15) is 24.9 Å². The molecule has 0 saturated carbocycles. The first kappa shape index (κ1) is 12.5. The summed E-state index contributed by atoms with van der Waals surface area (Å²) in [5, 5.41) is 12.1. The highest BCUT2D eigenvalue weighted by Crippen LogP contribution is 2.12. The zero-order valence-electron chi connectivity index (χ0n) is 9.39. The van der Waals surface area contributed by atoms with Gasteiger partial charge in [-0.25, -0.2) is 0 Å². The predicted octanol–water partition coefficient (Wildman–Crippen LogP) is 2.37. The summed E-state index contributed by atoms with van der Waals surface area (Å²) in [6.07, 6.45) is 2.04. The van der Waals surface area contributed by atoms with E-state index in [4.69, 9.17) is 5.11 Å². The maximum absolute atomic E-state index is 10.9. The van der Waals surface area contributed by atoms with Crippen molar-refractivity contribution in [1.29, 1.82) is 0 Å². The van der Waals surface area contributed by atoms with Crippen molar-refractivity contribution in [3.8, 4) is 0 Å². The Morgan fingerprint density at radius 2 is 2.12 bits per heavy atom. The Balaban J connectivity index is 2.65. The van der Waals surface area contributed by atoms with Crippen LogP contribution < -0.4 is 5.32 Å². The molecule has 0 aromatic heterocycles. The number of rotatable bonds is 6. The van der Waals surface area contributed by atoms with E-state index >= 15 is 0 Å². The Hall–Kier alpha value is -1.61. The highest BCUT2D eigenvalue weighted by atomic mass is 16.4. The second kappa shape index (κ2) is 6.08. The summed E-state index contributed by atoms with van der Waals surface area (Å²) in [4.78, 5) is 10.9. The van der Waals surface area contributed by atoms with Gasteiger partial charge in [-0.2, -0.15) is 0 Å². The monoisotopic (exact) mass is 219 g/mol. The molecule has 1 rings (SSSR count). The summed E-state index contributed by atoms with van der Waals surface area (Å²) in [6.45, 7) is 5.51. The topological polar surface area (TPSA) is 49.3 Å². The normalized spacial score (nSPS) is 14.1. The van der Waals surface area contributed by atoms with Crippen molar-refractivity contribution in [3.05, 3.63) is 48.6 Å². The molecule has 0 amide bonds. The van der Waals surface area contributed by atoms with E-state index in [1.807, 2.05) is 37.3 Å². The summed E-state index contributed by atoms with van der Waals surface area (Å²) < 4.78 is 0. The molecule has 1 aromatic carbocycles. The van der Waals surface area contributed by atoms with Crippen LogP contribution in [0.5, 0.6) is 0 Å². The molecule has 16 heavy (non-hydrogen) atoms. The number of carboxylic acid groups (broad SMARTS) is 1. The average Bonchev–Trinajstić information content (AvgIpc) is 2.29. The Morgan fingerprint density at radius 1 is 1.50 bits per heavy atom. The number of aliphatic carboxylic acids is 1. The largest absolute Gasteiger partial charge is 0.480 e. The highest BCUT2D eigenvalue weighted by molar-refractivity contribution is 5.73. The zero-order valence-corrected chi connectivity index (χ0v) is 9.39. The lowest BCUT2D eigenvalue weighted by Gasteiger charge is -2.19. The van der Waals surface area contributed by atoms with Crippen LogP contribution in [0.15, 0.2) is 43.0 Å². The summed E-state index contributed by atoms with van der Waals surface area (Å²) in [7, 11) is 0. The van der Waals surface area contributed by atoms with Crippen molar-refractivity contribution < 1.29 is 9.90 Å². The van der Waals surface area contributed by atoms with Gasteiger partial charge >= 0.3 is 5.97 Å². The van der Waals surface area contributed by atoms with E-state index in [1.54, 1.807) is 6.08 Å². The van der Waals surface area contributed by atoms with Gasteiger partial charge in [-0.05, 0) is 18.9 Å². The second-order valence-corrected chi connectivity index (χ2v) is 3.71. The molecule has 2 atom stereocenters. The summed E-state index contributed by atoms with van der Waals surface area (Å²) in [6, 6.07) is 9.21. The van der Waals surface area contributed by atoms with E-state index in [-0.39, 0.29) is 6.04 Å². The van der Waals surface area contributed by atoms with E-state index in [1.165, 1.54) is 0 Å². The Morgan fingerprint density at radius 3 is 2.62 bits per heavy atom. The first-order valence-corrected chi connectivity index (χ1v) is 5.30. The highest BCUT2D eigenvalue weighted by Gasteiger charge is 2.18. The molecule has 0 fully saturated rings. The lowest BCUT2D eigenvalue weighted by Crippen LogP contribution is -2.37. The third-order valence-corrected chi connectivity index (χ3v) is 2.45. The zero-order chi connectivity index (χ0) is 12.0. The molecular weight excluding hydrogens is 202 g/mol. The van der Waals surface area contributed by atoms with Gasteiger partial charge in [0.05, 0.1) is 0 Å². The van der Waals surface area contributed by atoms with Crippen LogP contribution in [-0.2, 0) is 4.79 Å². The van der Waals surface area contributed by atoms with E-state index in [2.05, 4.69) is 11.9 Å². The molecule has 1 unspecified atom stereocenters. The van der Waals surface area contributed by atoms with Gasteiger partial charge < -0.3 is 5.11 Å². The van der Waals surface area contributed by atoms with E-state index in [0.717, 1.165) is 5.56 Å². The fraction of sp³-hybridized carbons (Fsp3) is 0.308. The minimum absolute atomic E-state index is 0.0160. The van der Waals surface area contributed by atoms with Crippen LogP contribution in [0.2, 0.25) is 0 Å². The van der Waals surface area contributed by atoms with Crippen molar-refractivity contribution in [2.24, 2.45) is 0 Å². The van der Waals surface area contributed by atoms with Crippen LogP contribution >= 0.6 is 0 Å². The van der Waals surface area contributed by atoms with Gasteiger partial charge in [0.1, 0.15) is 6.04 Å². The number of carboxylic acids is 1. The molecule has 0 bridgehead atoms. The van der Waals surface area contributed by atoms with Crippen molar-refractivity contribution in [3.63, 3.8) is 0 Å². The van der Waals surface area contributed by atoms with E-state index in [9.17, 15) is 4.79 Å². The van der Waals surface area contributed by atoms with Gasteiger partial charge in [0.2, 0.25) is 0 Å². The van der Waals surface area contributed by atoms with Gasteiger partial charge in [-0.15, -0.1) is 6.58 Å². The predicted molar refractivity (Wildman–Crippen MR) is 64.2 cm³/mol. The average molecular weight is 219 g/mol. The van der Waals surface area contributed by atoms with Crippen LogP contribution in [0.25, 0.3) is 0 Å². The maximum Gasteiger partial charge on any atom is 0.321 e. The molecule has 0 aliphatic rings. The fourth-order valence-corrected chi connectivity index (χ4v) is 1.55. The Kier molecular flexibility index (Phi) is 4.73. The molecule has 0 aliphatic heterocycles. The molecule has 0 saturated heterocycles. The number of hydrogen-bond acceptors (Lipinski definition) is 2. The molecular formula is C13H17NO2. The van der Waals surface area contributed by atoms with Crippen molar-refractivity contribution in [2.75, 3.05) is 0 Å². The van der Waals surface area contributed by atoms with Gasteiger partial charge in [-0.1, -0.05) is 36.4 Å². The Bertz CT molecular complexity index is 348. The SMILES string of the molecule is C=CC[C@@H](NC(C)c1ccccc1)C(=O)O. The van der Waals surface area contributed by atoms with E-state index in [0.29, 0.717) is 6.42 Å². The Labute approximate surface area is 95.8 Å². The lowest BCUT2D eigenvalue weighted by molar-refractivity contribution is -0.139. The van der Waals surface area contributed by atoms with Crippen LogP contribution in [0.3, 0.4) is 0 Å². The first-order valence-electron chi connectivity index (χ1n) is 5.30. The van der Waals surface area contributed by atoms with Crippen molar-refractivity contribution in [1.82, 2.24) is 5.32 Å². The van der Waals surface area contributed by atoms with Gasteiger partial charge in [0.15, 0.2) is 0 Å². The minimum Gasteiger partial charge on any atom is -0.480 e. The van der Waals surface area contributed by atoms with Crippen LogP contribution in [0.4, 0.5) is 0 Å². The molecule has 0 aliphatic carbocycles. The standard InChI is InChI=1S/C13H17NO2/c1-3-7-12(13(15)16)14-10(2)11-8-5-4-6-9-11/h3-6,8-10,12,14H,1,7H2,2H3,(H,15,16)/t10?,12-/m1/s1. The number of nitrogens with one attached hydrogen (secondary N) is 1. The second-order valence-electron chi connectivity index (χ2n) is 3.71. The maximum atomic E-state index is 10.9. The summed E-state index contributed by atoms with van der Waals surface area (Å²) in [5.41, 5.74) is 1.08. The quantitative estimate of drug-likeness (QED) is 0.722. The number of hydrogen-bond donors (Lipinski definition) is 2. The molecule has 3 heteroatoms. The smallest absolute Gasteiger partial charge is 0.321 e. The van der Waals surface area contributed by atoms with Gasteiger partial charge in [0, 0.05) is 6.04 Å². The molecule has 2 N–H and O–H groups in total. The molecule has 1 aromatic rings. The molecule has 0 heterocycles. The van der Waals surface area contributed by atoms with Crippen molar-refractivity contribution >= 4 is 5.97 Å². The van der Waals surface area contributed by atoms with Crippen LogP contribution in [-0.4, -0.2) is 17.1 Å². The molecule has 3 nitrogen and oxygen atoms in total. The molecule has 0 radical (unpaired) electrons. The third-order valence-electron chi connectivity index (χ3n) is 2.45. The molecule has 86 valence electrons. The van der Waals surface area contributed by atoms with Gasteiger partial charge in [-0.3, -0.25) is 10.1 Å². The summed E-state index contributed by atoms with van der Waals surface area (Å²) >= 11 is 0. The third kappa shape index (κ3) is 3.51. The first-order chi connectivity index (χ1) is 7.65. The number of benzene rings is 1. The fourth-order valence-electron chi connectivity index (χ4n) is 1.55. The van der Waals surface area contributed by atoms with E-state index < -0.39 is 12.0 Å². The molecule has 0 spiro atoms. The van der Waals surface area contributed by atoms with Gasteiger partial charge in [0.25, 0.3) is 0 Å². The lowest BCUT2D eigenvalue weighted by atomic mass is 10.1. The number of carbonyl (C=O) groups is 1.